The van der Waals surface area contributed by atoms with Gasteiger partial charge in [0, 0.05) is 77.5 Å². The van der Waals surface area contributed by atoms with Gasteiger partial charge in [0.05, 0.1) is 11.0 Å². The van der Waals surface area contributed by atoms with E-state index < -0.39 is 0 Å². The van der Waals surface area contributed by atoms with Gasteiger partial charge in [0.1, 0.15) is 34.5 Å². The Morgan fingerprint density at radius 1 is 0.424 bits per heavy atom. The standard InChI is InChI=1S/C50H41N5O4/c1-32(2)41-16-11-17-42(33(3)4)49(41)34-30-53-50(54-31-34)55-45-28-39(56-35-12-9-14-37(26-35)58-47-18-5-7-24-51-47)20-22-43(45)44-23-21-40(29-46(44)55)57-36-13-10-15-38(27-36)59-48-19-6-8-25-52-48/h5-33H,1-4H3. The molecule has 0 aliphatic carbocycles. The lowest BCUT2D eigenvalue weighted by molar-refractivity contribution is 0.448. The molecule has 4 heterocycles. The van der Waals surface area contributed by atoms with Crippen LogP contribution >= 0.6 is 0 Å². The summed E-state index contributed by atoms with van der Waals surface area (Å²) >= 11 is 0. The number of benzene rings is 5. The monoisotopic (exact) mass is 775 g/mol. The van der Waals surface area contributed by atoms with Crippen molar-refractivity contribution >= 4 is 21.8 Å². The minimum Gasteiger partial charge on any atom is -0.457 e. The van der Waals surface area contributed by atoms with Crippen molar-refractivity contribution in [2.75, 3.05) is 0 Å². The van der Waals surface area contributed by atoms with Crippen molar-refractivity contribution in [1.82, 2.24) is 24.5 Å². The minimum atomic E-state index is 0.335. The number of hydrogen-bond acceptors (Lipinski definition) is 8. The van der Waals surface area contributed by atoms with Crippen molar-refractivity contribution in [3.8, 4) is 63.3 Å². The van der Waals surface area contributed by atoms with E-state index in [-0.39, 0.29) is 0 Å². The smallest absolute Gasteiger partial charge is 0.234 e. The fourth-order valence-corrected chi connectivity index (χ4v) is 7.30. The Balaban J connectivity index is 1.12. The van der Waals surface area contributed by atoms with E-state index in [1.165, 1.54) is 16.7 Å². The van der Waals surface area contributed by atoms with Crippen molar-refractivity contribution < 1.29 is 18.9 Å². The van der Waals surface area contributed by atoms with Crippen molar-refractivity contribution in [3.05, 3.63) is 175 Å². The van der Waals surface area contributed by atoms with Gasteiger partial charge >= 0.3 is 0 Å². The van der Waals surface area contributed by atoms with E-state index in [1.54, 1.807) is 12.4 Å². The molecule has 0 saturated heterocycles. The molecule has 9 rings (SSSR count). The van der Waals surface area contributed by atoms with Crippen LogP contribution in [0, 0.1) is 0 Å². The number of rotatable bonds is 12. The highest BCUT2D eigenvalue weighted by molar-refractivity contribution is 6.09. The van der Waals surface area contributed by atoms with Gasteiger partial charge in [0.25, 0.3) is 0 Å². The van der Waals surface area contributed by atoms with Crippen LogP contribution < -0.4 is 18.9 Å². The molecule has 0 radical (unpaired) electrons. The first-order valence-electron chi connectivity index (χ1n) is 19.6. The Morgan fingerprint density at radius 2 is 0.864 bits per heavy atom. The van der Waals surface area contributed by atoms with Crippen molar-refractivity contribution in [2.24, 2.45) is 0 Å². The van der Waals surface area contributed by atoms with E-state index in [0.717, 1.165) is 27.4 Å². The third kappa shape index (κ3) is 7.91. The molecule has 0 aliphatic heterocycles. The van der Waals surface area contributed by atoms with Crippen LogP contribution in [0.2, 0.25) is 0 Å². The summed E-state index contributed by atoms with van der Waals surface area (Å²) in [6, 6.07) is 44.8. The Kier molecular flexibility index (Phi) is 10.1. The highest BCUT2D eigenvalue weighted by Gasteiger charge is 2.20. The topological polar surface area (TPSA) is 93.4 Å². The molecule has 4 aromatic heterocycles. The zero-order valence-corrected chi connectivity index (χ0v) is 33.1. The summed E-state index contributed by atoms with van der Waals surface area (Å²) in [5.74, 6) is 5.95. The van der Waals surface area contributed by atoms with Gasteiger partial charge < -0.3 is 18.9 Å². The van der Waals surface area contributed by atoms with Crippen LogP contribution in [-0.2, 0) is 0 Å². The molecule has 290 valence electrons. The average molecular weight is 776 g/mol. The van der Waals surface area contributed by atoms with Gasteiger partial charge in [-0.3, -0.25) is 4.57 Å². The summed E-state index contributed by atoms with van der Waals surface area (Å²) in [5.41, 5.74) is 6.48. The third-order valence-corrected chi connectivity index (χ3v) is 10.0. The first-order chi connectivity index (χ1) is 28.9. The normalized spacial score (nSPS) is 11.4. The molecule has 9 nitrogen and oxygen atoms in total. The predicted octanol–water partition coefficient (Wildman–Crippen LogP) is 13.4. The Bertz CT molecular complexity index is 2720. The van der Waals surface area contributed by atoms with Crippen LogP contribution in [-0.4, -0.2) is 24.5 Å². The molecule has 0 N–H and O–H groups in total. The van der Waals surface area contributed by atoms with Crippen LogP contribution in [0.15, 0.2) is 164 Å². The van der Waals surface area contributed by atoms with Gasteiger partial charge in [-0.25, -0.2) is 19.9 Å². The van der Waals surface area contributed by atoms with Gasteiger partial charge in [0.15, 0.2) is 0 Å². The second-order valence-corrected chi connectivity index (χ2v) is 14.8. The number of fused-ring (bicyclic) bond motifs is 3. The molecule has 0 amide bonds. The third-order valence-electron chi connectivity index (χ3n) is 10.0. The molecule has 0 atom stereocenters. The molecule has 0 saturated carbocycles. The predicted molar refractivity (Wildman–Crippen MR) is 232 cm³/mol. The largest absolute Gasteiger partial charge is 0.457 e. The maximum atomic E-state index is 6.46. The first-order valence-corrected chi connectivity index (χ1v) is 19.6. The Morgan fingerprint density at radius 3 is 1.31 bits per heavy atom. The number of pyridine rings is 2. The van der Waals surface area contributed by atoms with Crippen LogP contribution in [0.3, 0.4) is 0 Å². The molecule has 0 fully saturated rings. The molecule has 0 unspecified atom stereocenters. The summed E-state index contributed by atoms with van der Waals surface area (Å²) in [5, 5.41) is 2.02. The lowest BCUT2D eigenvalue weighted by Gasteiger charge is -2.19. The first kappa shape index (κ1) is 37.1. The SMILES string of the molecule is CC(C)c1cccc(C(C)C)c1-c1cnc(-n2c3cc(Oc4cccc(Oc5ccccn5)c4)ccc3c3ccc(Oc4cccc(Oc5ccccn5)c4)cc32)nc1. The number of aromatic nitrogens is 5. The summed E-state index contributed by atoms with van der Waals surface area (Å²) in [7, 11) is 0. The Hall–Kier alpha value is -7.52. The lowest BCUT2D eigenvalue weighted by atomic mass is 9.86. The van der Waals surface area contributed by atoms with E-state index in [1.807, 2.05) is 122 Å². The fourth-order valence-electron chi connectivity index (χ4n) is 7.30. The van der Waals surface area contributed by atoms with E-state index >= 15 is 0 Å². The summed E-state index contributed by atoms with van der Waals surface area (Å²) in [6.45, 7) is 8.90. The van der Waals surface area contributed by atoms with Crippen molar-refractivity contribution in [2.45, 2.75) is 39.5 Å². The van der Waals surface area contributed by atoms with E-state index in [4.69, 9.17) is 28.9 Å². The minimum absolute atomic E-state index is 0.335. The van der Waals surface area contributed by atoms with Crippen LogP contribution in [0.5, 0.6) is 46.3 Å². The molecular weight excluding hydrogens is 735 g/mol. The van der Waals surface area contributed by atoms with Crippen molar-refractivity contribution in [3.63, 3.8) is 0 Å². The quantitative estimate of drug-likeness (QED) is 0.121. The van der Waals surface area contributed by atoms with Crippen LogP contribution in [0.25, 0.3) is 38.9 Å². The lowest BCUT2D eigenvalue weighted by Crippen LogP contribution is -2.04. The number of nitrogens with zero attached hydrogens (tertiary/aromatic N) is 5. The molecule has 0 bridgehead atoms. The molecule has 9 heteroatoms. The maximum Gasteiger partial charge on any atom is 0.234 e. The zero-order valence-electron chi connectivity index (χ0n) is 33.1. The second kappa shape index (κ2) is 16.1. The average Bonchev–Trinajstić information content (AvgIpc) is 3.57. The zero-order chi connectivity index (χ0) is 40.3. The maximum absolute atomic E-state index is 6.46. The van der Waals surface area contributed by atoms with Gasteiger partial charge in [-0.1, -0.05) is 70.2 Å². The molecule has 5 aromatic carbocycles. The van der Waals surface area contributed by atoms with Crippen LogP contribution in [0.1, 0.15) is 50.7 Å². The van der Waals surface area contributed by atoms with Gasteiger partial charge in [-0.2, -0.15) is 0 Å². The second-order valence-electron chi connectivity index (χ2n) is 14.8. The highest BCUT2D eigenvalue weighted by Crippen LogP contribution is 2.40. The molecule has 0 spiro atoms. The van der Waals surface area contributed by atoms with E-state index in [9.17, 15) is 0 Å². The fraction of sp³-hybridized carbons (Fsp3) is 0.120. The summed E-state index contributed by atoms with van der Waals surface area (Å²) in [6.07, 6.45) is 7.27. The molecular formula is C50H41N5O4. The molecule has 0 aliphatic rings. The van der Waals surface area contributed by atoms with E-state index in [0.29, 0.717) is 64.0 Å². The van der Waals surface area contributed by atoms with Gasteiger partial charge in [0.2, 0.25) is 17.7 Å². The molecule has 9 aromatic rings. The van der Waals surface area contributed by atoms with E-state index in [2.05, 4.69) is 72.6 Å². The highest BCUT2D eigenvalue weighted by atomic mass is 16.5. The van der Waals surface area contributed by atoms with Crippen LogP contribution in [0.4, 0.5) is 0 Å². The summed E-state index contributed by atoms with van der Waals surface area (Å²) in [4.78, 5) is 18.7. The Labute approximate surface area is 342 Å². The summed E-state index contributed by atoms with van der Waals surface area (Å²) < 4.78 is 26.9. The number of ether oxygens (including phenoxy) is 4. The molecule has 59 heavy (non-hydrogen) atoms. The van der Waals surface area contributed by atoms with Gasteiger partial charge in [-0.15, -0.1) is 0 Å². The number of hydrogen-bond donors (Lipinski definition) is 0. The van der Waals surface area contributed by atoms with Gasteiger partial charge in [-0.05, 0) is 89.2 Å². The van der Waals surface area contributed by atoms with Crippen molar-refractivity contribution in [1.29, 1.82) is 0 Å².